The normalized spacial score (nSPS) is 15.3. The van der Waals surface area contributed by atoms with Crippen LogP contribution in [0.4, 0.5) is 0 Å². The van der Waals surface area contributed by atoms with E-state index in [1.54, 1.807) is 14.2 Å². The minimum atomic E-state index is 0.155. The van der Waals surface area contributed by atoms with Gasteiger partial charge in [-0.2, -0.15) is 0 Å². The number of methoxy groups -OCH3 is 2. The lowest BCUT2D eigenvalue weighted by atomic mass is 10.1. The van der Waals surface area contributed by atoms with Crippen LogP contribution in [-0.2, 0) is 11.3 Å². The molecule has 4 heteroatoms. The Balaban J connectivity index is 1.99. The van der Waals surface area contributed by atoms with Gasteiger partial charge in [-0.05, 0) is 31.0 Å². The minimum absolute atomic E-state index is 0.155. The summed E-state index contributed by atoms with van der Waals surface area (Å²) < 4.78 is 10.5. The summed E-state index contributed by atoms with van der Waals surface area (Å²) in [6, 6.07) is 5.60. The number of carbonyl (C=O) groups excluding carboxylic acids is 1. The lowest BCUT2D eigenvalue weighted by molar-refractivity contribution is -0.124. The van der Waals surface area contributed by atoms with E-state index in [9.17, 15) is 4.79 Å². The minimum Gasteiger partial charge on any atom is -0.497 e. The molecular weight excluding hydrogens is 242 g/mol. The van der Waals surface area contributed by atoms with Crippen LogP contribution in [0.2, 0.25) is 0 Å². The third-order valence-electron chi connectivity index (χ3n) is 3.67. The zero-order valence-electron chi connectivity index (χ0n) is 11.6. The molecule has 0 spiro atoms. The molecule has 0 unspecified atom stereocenters. The van der Waals surface area contributed by atoms with Crippen molar-refractivity contribution in [2.45, 2.75) is 32.2 Å². The first-order valence-corrected chi connectivity index (χ1v) is 6.73. The Hall–Kier alpha value is -1.71. The van der Waals surface area contributed by atoms with Crippen LogP contribution in [0, 0.1) is 5.92 Å². The van der Waals surface area contributed by atoms with Crippen LogP contribution in [-0.4, -0.2) is 20.1 Å². The Morgan fingerprint density at radius 2 is 2.00 bits per heavy atom. The molecule has 2 rings (SSSR count). The smallest absolute Gasteiger partial charge is 0.223 e. The maximum absolute atomic E-state index is 12.0. The van der Waals surface area contributed by atoms with Gasteiger partial charge in [-0.25, -0.2) is 0 Å². The lowest BCUT2D eigenvalue weighted by Crippen LogP contribution is -2.28. The number of amides is 1. The summed E-state index contributed by atoms with van der Waals surface area (Å²) in [5.74, 6) is 1.89. The zero-order chi connectivity index (χ0) is 13.7. The highest BCUT2D eigenvalue weighted by molar-refractivity contribution is 5.78. The summed E-state index contributed by atoms with van der Waals surface area (Å²) in [5, 5.41) is 2.99. The van der Waals surface area contributed by atoms with Gasteiger partial charge in [0, 0.05) is 18.0 Å². The molecule has 1 amide bonds. The largest absolute Gasteiger partial charge is 0.497 e. The monoisotopic (exact) mass is 263 g/mol. The van der Waals surface area contributed by atoms with E-state index in [1.165, 1.54) is 12.8 Å². The van der Waals surface area contributed by atoms with E-state index in [0.717, 1.165) is 29.9 Å². The average Bonchev–Trinajstić information content (AvgIpc) is 2.98. The summed E-state index contributed by atoms with van der Waals surface area (Å²) >= 11 is 0. The van der Waals surface area contributed by atoms with Crippen molar-refractivity contribution in [1.82, 2.24) is 5.32 Å². The highest BCUT2D eigenvalue weighted by Gasteiger charge is 2.22. The van der Waals surface area contributed by atoms with Gasteiger partial charge in [0.2, 0.25) is 5.91 Å². The highest BCUT2D eigenvalue weighted by Crippen LogP contribution is 2.26. The van der Waals surface area contributed by atoms with Gasteiger partial charge in [0.1, 0.15) is 11.5 Å². The fraction of sp³-hybridized carbons (Fsp3) is 0.533. The van der Waals surface area contributed by atoms with Crippen molar-refractivity contribution in [3.8, 4) is 11.5 Å². The van der Waals surface area contributed by atoms with Gasteiger partial charge in [0.15, 0.2) is 0 Å². The molecule has 4 nitrogen and oxygen atoms in total. The highest BCUT2D eigenvalue weighted by atomic mass is 16.5. The van der Waals surface area contributed by atoms with Crippen molar-refractivity contribution in [1.29, 1.82) is 0 Å². The molecule has 0 aromatic heterocycles. The summed E-state index contributed by atoms with van der Waals surface area (Å²) in [6.45, 7) is 0.482. The van der Waals surface area contributed by atoms with Crippen molar-refractivity contribution < 1.29 is 14.3 Å². The van der Waals surface area contributed by atoms with Crippen LogP contribution >= 0.6 is 0 Å². The third-order valence-corrected chi connectivity index (χ3v) is 3.67. The fourth-order valence-corrected chi connectivity index (χ4v) is 2.53. The predicted molar refractivity (Wildman–Crippen MR) is 73.4 cm³/mol. The van der Waals surface area contributed by atoms with Gasteiger partial charge in [0.25, 0.3) is 0 Å². The van der Waals surface area contributed by atoms with E-state index in [-0.39, 0.29) is 11.8 Å². The second-order valence-electron chi connectivity index (χ2n) is 4.88. The van der Waals surface area contributed by atoms with Gasteiger partial charge < -0.3 is 14.8 Å². The first-order chi connectivity index (χ1) is 9.24. The molecule has 1 aromatic rings. The van der Waals surface area contributed by atoms with Crippen molar-refractivity contribution in [3.05, 3.63) is 23.8 Å². The van der Waals surface area contributed by atoms with E-state index in [4.69, 9.17) is 9.47 Å². The molecule has 1 fully saturated rings. The van der Waals surface area contributed by atoms with Crippen LogP contribution < -0.4 is 14.8 Å². The average molecular weight is 263 g/mol. The maximum atomic E-state index is 12.0. The lowest BCUT2D eigenvalue weighted by Gasteiger charge is -2.13. The van der Waals surface area contributed by atoms with Gasteiger partial charge in [-0.3, -0.25) is 4.79 Å². The summed E-state index contributed by atoms with van der Waals surface area (Å²) in [6.07, 6.45) is 4.36. The van der Waals surface area contributed by atoms with E-state index in [1.807, 2.05) is 18.2 Å². The Labute approximate surface area is 114 Å². The van der Waals surface area contributed by atoms with Gasteiger partial charge in [0.05, 0.1) is 14.2 Å². The van der Waals surface area contributed by atoms with Crippen molar-refractivity contribution >= 4 is 5.91 Å². The summed E-state index contributed by atoms with van der Waals surface area (Å²) in [5.41, 5.74) is 0.938. The first kappa shape index (κ1) is 13.7. The van der Waals surface area contributed by atoms with Gasteiger partial charge in [-0.15, -0.1) is 0 Å². The zero-order valence-corrected chi connectivity index (χ0v) is 11.6. The van der Waals surface area contributed by atoms with Crippen LogP contribution in [0.5, 0.6) is 11.5 Å². The van der Waals surface area contributed by atoms with E-state index < -0.39 is 0 Å². The van der Waals surface area contributed by atoms with Crippen LogP contribution in [0.25, 0.3) is 0 Å². The molecule has 1 aliphatic rings. The Morgan fingerprint density at radius 1 is 1.26 bits per heavy atom. The number of ether oxygens (including phenoxy) is 2. The molecule has 1 N–H and O–H groups in total. The predicted octanol–water partition coefficient (Wildman–Crippen LogP) is 2.51. The molecule has 1 aliphatic carbocycles. The number of carbonyl (C=O) groups is 1. The van der Waals surface area contributed by atoms with Crippen LogP contribution in [0.1, 0.15) is 31.2 Å². The molecular formula is C15H21NO3. The van der Waals surface area contributed by atoms with Gasteiger partial charge in [-0.1, -0.05) is 12.8 Å². The van der Waals surface area contributed by atoms with E-state index >= 15 is 0 Å². The quantitative estimate of drug-likeness (QED) is 0.888. The summed E-state index contributed by atoms with van der Waals surface area (Å²) in [4.78, 5) is 12.0. The number of nitrogens with one attached hydrogen (secondary N) is 1. The van der Waals surface area contributed by atoms with Crippen LogP contribution in [0.3, 0.4) is 0 Å². The second kappa shape index (κ2) is 6.45. The third kappa shape index (κ3) is 3.40. The number of hydrogen-bond donors (Lipinski definition) is 1. The Kier molecular flexibility index (Phi) is 4.66. The van der Waals surface area contributed by atoms with Crippen molar-refractivity contribution in [2.24, 2.45) is 5.92 Å². The number of rotatable bonds is 5. The molecule has 0 radical (unpaired) electrons. The summed E-state index contributed by atoms with van der Waals surface area (Å²) in [7, 11) is 3.26. The first-order valence-electron chi connectivity index (χ1n) is 6.73. The SMILES string of the molecule is COc1ccc(OC)c(CNC(=O)C2CCCC2)c1. The molecule has 0 aliphatic heterocycles. The van der Waals surface area contributed by atoms with E-state index in [2.05, 4.69) is 5.32 Å². The molecule has 19 heavy (non-hydrogen) atoms. The molecule has 1 aromatic carbocycles. The molecule has 0 atom stereocenters. The molecule has 104 valence electrons. The van der Waals surface area contributed by atoms with Gasteiger partial charge >= 0.3 is 0 Å². The topological polar surface area (TPSA) is 47.6 Å². The molecule has 0 bridgehead atoms. The maximum Gasteiger partial charge on any atom is 0.223 e. The van der Waals surface area contributed by atoms with Crippen molar-refractivity contribution in [3.63, 3.8) is 0 Å². The standard InChI is InChI=1S/C15H21NO3/c1-18-13-7-8-14(19-2)12(9-13)10-16-15(17)11-5-3-4-6-11/h7-9,11H,3-6,10H2,1-2H3,(H,16,17). The number of benzene rings is 1. The van der Waals surface area contributed by atoms with Crippen LogP contribution in [0.15, 0.2) is 18.2 Å². The number of hydrogen-bond acceptors (Lipinski definition) is 3. The fourth-order valence-electron chi connectivity index (χ4n) is 2.53. The Bertz CT molecular complexity index is 439. The molecule has 1 saturated carbocycles. The van der Waals surface area contributed by atoms with Crippen molar-refractivity contribution in [2.75, 3.05) is 14.2 Å². The Morgan fingerprint density at radius 3 is 2.63 bits per heavy atom. The second-order valence-corrected chi connectivity index (χ2v) is 4.88. The van der Waals surface area contributed by atoms with E-state index in [0.29, 0.717) is 6.54 Å². The molecule has 0 saturated heterocycles. The molecule has 0 heterocycles.